The summed E-state index contributed by atoms with van der Waals surface area (Å²) < 4.78 is 5.29. The van der Waals surface area contributed by atoms with Crippen LogP contribution in [0.4, 0.5) is 28.6 Å². The van der Waals surface area contributed by atoms with Gasteiger partial charge in [0.05, 0.1) is 30.7 Å². The van der Waals surface area contributed by atoms with E-state index in [-0.39, 0.29) is 18.2 Å². The fraction of sp³-hybridized carbons (Fsp3) is 0.303. The number of para-hydroxylation sites is 1. The van der Waals surface area contributed by atoms with Crippen molar-refractivity contribution in [3.8, 4) is 5.75 Å². The number of nitrogens with one attached hydrogen (secondary N) is 4. The highest BCUT2D eigenvalue weighted by Gasteiger charge is 2.23. The van der Waals surface area contributed by atoms with E-state index in [0.717, 1.165) is 54.6 Å². The van der Waals surface area contributed by atoms with Crippen LogP contribution in [0, 0.1) is 6.92 Å². The summed E-state index contributed by atoms with van der Waals surface area (Å²) in [6, 6.07) is 23.9. The van der Waals surface area contributed by atoms with Crippen molar-refractivity contribution < 1.29 is 14.3 Å². The molecule has 0 aliphatic carbocycles. The maximum Gasteiger partial charge on any atom is 0.239 e. The normalized spacial score (nSPS) is 13.0. The van der Waals surface area contributed by atoms with Crippen LogP contribution in [0.15, 0.2) is 72.8 Å². The second kappa shape index (κ2) is 13.8. The molecule has 10 nitrogen and oxygen atoms in total. The van der Waals surface area contributed by atoms with Gasteiger partial charge in [0.1, 0.15) is 5.75 Å². The fourth-order valence-corrected chi connectivity index (χ4v) is 5.26. The number of Topliss-reactive ketones (excluding diaryl/α,β-unsaturated/α-hetero) is 1. The molecule has 1 saturated heterocycles. The predicted octanol–water partition coefficient (Wildman–Crippen LogP) is 4.77. The average molecular weight is 582 g/mol. The Morgan fingerprint density at radius 1 is 0.930 bits per heavy atom. The van der Waals surface area contributed by atoms with E-state index in [1.54, 1.807) is 14.0 Å². The number of hydrogen-bond acceptors (Lipinski definition) is 8. The summed E-state index contributed by atoms with van der Waals surface area (Å²) in [6.45, 7) is 7.34. The van der Waals surface area contributed by atoms with Gasteiger partial charge < -0.3 is 30.5 Å². The zero-order valence-corrected chi connectivity index (χ0v) is 24.9. The number of methoxy groups -OCH3 is 1. The molecule has 43 heavy (non-hydrogen) atoms. The molecular formula is C33H39N7O3. The first-order valence-electron chi connectivity index (χ1n) is 14.6. The zero-order chi connectivity index (χ0) is 30.2. The lowest BCUT2D eigenvalue weighted by molar-refractivity contribution is -0.119. The molecule has 224 valence electrons. The van der Waals surface area contributed by atoms with Gasteiger partial charge in [0.25, 0.3) is 0 Å². The summed E-state index contributed by atoms with van der Waals surface area (Å²) >= 11 is 0. The van der Waals surface area contributed by atoms with Crippen LogP contribution in [0.1, 0.15) is 28.5 Å². The van der Waals surface area contributed by atoms with Gasteiger partial charge in [-0.1, -0.05) is 30.3 Å². The number of benzene rings is 3. The van der Waals surface area contributed by atoms with Crippen LogP contribution in [0.25, 0.3) is 0 Å². The molecule has 2 heterocycles. The highest BCUT2D eigenvalue weighted by molar-refractivity contribution is 6.03. The molecule has 1 aliphatic rings. The standard InChI is InChI=1S/C33H39N7O3/c1-23-18-32(38-37-23)36-29-21-31(40-16-14-39(15-17-40)26-9-5-4-6-10-26)30(20-28(29)24(2)41)35-22-33(42)34-13-12-25-8-7-11-27(19-25)43-3/h4-11,18-21,35H,12-17,22H2,1-3H3,(H,34,42)(H2,36,37,38). The molecule has 0 spiro atoms. The van der Waals surface area contributed by atoms with Crippen LogP contribution in [0.2, 0.25) is 0 Å². The third-order valence-electron chi connectivity index (χ3n) is 7.53. The Balaban J connectivity index is 1.32. The second-order valence-corrected chi connectivity index (χ2v) is 10.6. The van der Waals surface area contributed by atoms with E-state index in [2.05, 4.69) is 60.2 Å². The summed E-state index contributed by atoms with van der Waals surface area (Å²) in [5, 5.41) is 16.9. The monoisotopic (exact) mass is 581 g/mol. The van der Waals surface area contributed by atoms with Crippen molar-refractivity contribution >= 4 is 40.3 Å². The zero-order valence-electron chi connectivity index (χ0n) is 24.9. The molecule has 0 atom stereocenters. The lowest BCUT2D eigenvalue weighted by Gasteiger charge is -2.38. The number of ketones is 1. The van der Waals surface area contributed by atoms with Gasteiger partial charge in [-0.05, 0) is 62.2 Å². The second-order valence-electron chi connectivity index (χ2n) is 10.6. The number of amides is 1. The summed E-state index contributed by atoms with van der Waals surface area (Å²) in [7, 11) is 1.64. The molecule has 5 rings (SSSR count). The Hall–Kier alpha value is -4.99. The van der Waals surface area contributed by atoms with E-state index in [4.69, 9.17) is 4.74 Å². The minimum Gasteiger partial charge on any atom is -0.497 e. The number of ether oxygens (including phenoxy) is 1. The van der Waals surface area contributed by atoms with Crippen LogP contribution in [-0.2, 0) is 11.2 Å². The van der Waals surface area contributed by atoms with Gasteiger partial charge in [0.2, 0.25) is 5.91 Å². The predicted molar refractivity (Wildman–Crippen MR) is 172 cm³/mol. The van der Waals surface area contributed by atoms with E-state index in [1.165, 1.54) is 5.69 Å². The number of H-pyrrole nitrogens is 1. The van der Waals surface area contributed by atoms with Gasteiger partial charge in [-0.15, -0.1) is 0 Å². The van der Waals surface area contributed by atoms with Gasteiger partial charge >= 0.3 is 0 Å². The Labute approximate surface area is 252 Å². The van der Waals surface area contributed by atoms with Crippen molar-refractivity contribution in [1.29, 1.82) is 0 Å². The Bertz CT molecular complexity index is 1550. The third-order valence-corrected chi connectivity index (χ3v) is 7.53. The number of piperazine rings is 1. The lowest BCUT2D eigenvalue weighted by Crippen LogP contribution is -2.46. The van der Waals surface area contributed by atoms with E-state index >= 15 is 0 Å². The minimum atomic E-state index is -0.124. The van der Waals surface area contributed by atoms with Crippen molar-refractivity contribution in [2.75, 3.05) is 66.8 Å². The summed E-state index contributed by atoms with van der Waals surface area (Å²) in [5.74, 6) is 1.22. The number of anilines is 5. The summed E-state index contributed by atoms with van der Waals surface area (Å²) in [5.41, 5.74) is 6.07. The Kier molecular flexibility index (Phi) is 9.46. The Morgan fingerprint density at radius 3 is 2.40 bits per heavy atom. The number of rotatable bonds is 12. The van der Waals surface area contributed by atoms with Crippen LogP contribution in [-0.4, -0.2) is 68.3 Å². The number of hydrogen-bond donors (Lipinski definition) is 4. The first-order chi connectivity index (χ1) is 20.9. The van der Waals surface area contributed by atoms with E-state index < -0.39 is 0 Å². The minimum absolute atomic E-state index is 0.0811. The molecule has 1 amide bonds. The van der Waals surface area contributed by atoms with Crippen molar-refractivity contribution in [3.05, 3.63) is 89.6 Å². The number of aromatic amines is 1. The van der Waals surface area contributed by atoms with Gasteiger partial charge in [-0.25, -0.2) is 0 Å². The molecule has 0 unspecified atom stereocenters. The molecule has 10 heteroatoms. The van der Waals surface area contributed by atoms with E-state index in [0.29, 0.717) is 30.0 Å². The molecule has 4 aromatic rings. The number of aromatic nitrogens is 2. The van der Waals surface area contributed by atoms with Crippen LogP contribution >= 0.6 is 0 Å². The first-order valence-corrected chi connectivity index (χ1v) is 14.6. The van der Waals surface area contributed by atoms with Crippen molar-refractivity contribution in [1.82, 2.24) is 15.5 Å². The molecular weight excluding hydrogens is 542 g/mol. The van der Waals surface area contributed by atoms with Crippen LogP contribution in [0.5, 0.6) is 5.75 Å². The fourth-order valence-electron chi connectivity index (χ4n) is 5.26. The average Bonchev–Trinajstić information content (AvgIpc) is 3.44. The maximum atomic E-state index is 12.8. The largest absolute Gasteiger partial charge is 0.497 e. The number of nitrogens with zero attached hydrogens (tertiary/aromatic N) is 3. The van der Waals surface area contributed by atoms with Gasteiger partial charge in [0, 0.05) is 55.7 Å². The highest BCUT2D eigenvalue weighted by atomic mass is 16.5. The van der Waals surface area contributed by atoms with Gasteiger partial charge in [-0.2, -0.15) is 5.10 Å². The SMILES string of the molecule is COc1cccc(CCNC(=O)CNc2cc(C(C)=O)c(Nc3cc(C)[nH]n3)cc2N2CCN(c3ccccc3)CC2)c1. The van der Waals surface area contributed by atoms with Crippen LogP contribution in [0.3, 0.4) is 0 Å². The molecule has 3 aromatic carbocycles. The van der Waals surface area contributed by atoms with Crippen molar-refractivity contribution in [3.63, 3.8) is 0 Å². The quantitative estimate of drug-likeness (QED) is 0.177. The molecule has 0 radical (unpaired) electrons. The van der Waals surface area contributed by atoms with Crippen molar-refractivity contribution in [2.24, 2.45) is 0 Å². The molecule has 1 aromatic heterocycles. The molecule has 0 saturated carbocycles. The summed E-state index contributed by atoms with van der Waals surface area (Å²) in [6.07, 6.45) is 0.696. The Morgan fingerprint density at radius 2 is 1.70 bits per heavy atom. The maximum absolute atomic E-state index is 12.8. The third kappa shape index (κ3) is 7.65. The first kappa shape index (κ1) is 29.5. The highest BCUT2D eigenvalue weighted by Crippen LogP contribution is 2.35. The number of aryl methyl sites for hydroxylation is 1. The smallest absolute Gasteiger partial charge is 0.239 e. The molecule has 4 N–H and O–H groups in total. The molecule has 1 aliphatic heterocycles. The molecule has 0 bridgehead atoms. The van der Waals surface area contributed by atoms with Crippen LogP contribution < -0.4 is 30.5 Å². The van der Waals surface area contributed by atoms with E-state index in [1.807, 2.05) is 55.5 Å². The van der Waals surface area contributed by atoms with Gasteiger partial charge in [-0.3, -0.25) is 14.7 Å². The van der Waals surface area contributed by atoms with E-state index in [9.17, 15) is 9.59 Å². The summed E-state index contributed by atoms with van der Waals surface area (Å²) in [4.78, 5) is 30.3. The topological polar surface area (TPSA) is 115 Å². The number of carbonyl (C=O) groups excluding carboxylic acids is 2. The molecule has 1 fully saturated rings. The lowest BCUT2D eigenvalue weighted by atomic mass is 10.0. The van der Waals surface area contributed by atoms with Crippen molar-refractivity contribution in [2.45, 2.75) is 20.3 Å². The number of carbonyl (C=O) groups is 2. The van der Waals surface area contributed by atoms with Gasteiger partial charge in [0.15, 0.2) is 11.6 Å².